The van der Waals surface area contributed by atoms with Crippen LogP contribution in [0.3, 0.4) is 0 Å². The highest BCUT2D eigenvalue weighted by Gasteiger charge is 2.50. The van der Waals surface area contributed by atoms with Gasteiger partial charge in [-0.2, -0.15) is 17.6 Å². The van der Waals surface area contributed by atoms with E-state index in [2.05, 4.69) is 0 Å². The molecule has 0 aromatic carbocycles. The van der Waals surface area contributed by atoms with E-state index in [0.717, 1.165) is 7.05 Å². The van der Waals surface area contributed by atoms with Crippen LogP contribution in [0.4, 0.5) is 17.6 Å². The predicted octanol–water partition coefficient (Wildman–Crippen LogP) is 1.31. The van der Waals surface area contributed by atoms with Gasteiger partial charge < -0.3 is 0 Å². The van der Waals surface area contributed by atoms with E-state index in [1.807, 2.05) is 0 Å². The highest BCUT2D eigenvalue weighted by atomic mass is 35.5. The lowest BCUT2D eigenvalue weighted by molar-refractivity contribution is -0.152. The van der Waals surface area contributed by atoms with E-state index in [1.54, 1.807) is 5.43 Å². The van der Waals surface area contributed by atoms with Crippen molar-refractivity contribution >= 4 is 16.8 Å². The fraction of sp³-hybridized carbons (Fsp3) is 0.500. The van der Waals surface area contributed by atoms with Crippen LogP contribution in [0.1, 0.15) is 0 Å². The van der Waals surface area contributed by atoms with Crippen LogP contribution in [0, 0.1) is 0 Å². The molecule has 1 rings (SSSR count). The maximum Gasteiger partial charge on any atom is 0.409 e. The molecular formula is C6H5ClF4N2O. The Morgan fingerprint density at radius 3 is 2.36 bits per heavy atom. The van der Waals surface area contributed by atoms with Crippen molar-refractivity contribution in [3.8, 4) is 0 Å². The van der Waals surface area contributed by atoms with E-state index < -0.39 is 29.0 Å². The summed E-state index contributed by atoms with van der Waals surface area (Å²) >= 11 is 4.84. The van der Waals surface area contributed by atoms with Gasteiger partial charge >= 0.3 is 6.18 Å². The molecule has 3 nitrogen and oxygen atoms in total. The summed E-state index contributed by atoms with van der Waals surface area (Å²) in [6.45, 7) is 0. The molecule has 0 aliphatic carbocycles. The van der Waals surface area contributed by atoms with Crippen LogP contribution in [-0.4, -0.2) is 29.5 Å². The third-order valence-electron chi connectivity index (χ3n) is 1.67. The molecule has 0 aromatic rings. The number of hydrogen-bond donors (Lipinski definition) is 1. The molecule has 0 spiro atoms. The Balaban J connectivity index is 3.09. The van der Waals surface area contributed by atoms with Gasteiger partial charge in [0.1, 0.15) is 0 Å². The van der Waals surface area contributed by atoms with Gasteiger partial charge in [0.25, 0.3) is 5.24 Å². The maximum atomic E-state index is 13.0. The number of halogens is 5. The third-order valence-corrected chi connectivity index (χ3v) is 1.87. The van der Waals surface area contributed by atoms with Crippen molar-refractivity contribution in [2.75, 3.05) is 7.05 Å². The number of nitrogens with one attached hydrogen (secondary N) is 1. The van der Waals surface area contributed by atoms with E-state index in [9.17, 15) is 22.4 Å². The number of hydrazine groups is 1. The van der Waals surface area contributed by atoms with Gasteiger partial charge in [0.2, 0.25) is 5.95 Å². The summed E-state index contributed by atoms with van der Waals surface area (Å²) in [6, 6.07) is -2.38. The summed E-state index contributed by atoms with van der Waals surface area (Å²) in [6.07, 6.45) is -4.76. The van der Waals surface area contributed by atoms with Gasteiger partial charge in [0, 0.05) is 7.05 Å². The predicted molar refractivity (Wildman–Crippen MR) is 39.7 cm³/mol. The van der Waals surface area contributed by atoms with Gasteiger partial charge in [-0.25, -0.2) is 5.43 Å². The van der Waals surface area contributed by atoms with Gasteiger partial charge in [-0.3, -0.25) is 9.80 Å². The second-order valence-corrected chi connectivity index (χ2v) is 2.98. The van der Waals surface area contributed by atoms with E-state index >= 15 is 0 Å². The zero-order valence-corrected chi connectivity index (χ0v) is 7.58. The highest BCUT2D eigenvalue weighted by Crippen LogP contribution is 2.33. The molecule has 1 N–H and O–H groups in total. The van der Waals surface area contributed by atoms with Crippen molar-refractivity contribution in [2.24, 2.45) is 0 Å². The Morgan fingerprint density at radius 1 is 1.57 bits per heavy atom. The average molecular weight is 233 g/mol. The molecule has 1 aliphatic heterocycles. The molecule has 0 fully saturated rings. The lowest BCUT2D eigenvalue weighted by atomic mass is 10.1. The molecule has 0 aromatic heterocycles. The fourth-order valence-corrected chi connectivity index (χ4v) is 1.23. The molecular weight excluding hydrogens is 228 g/mol. The molecule has 1 aliphatic rings. The smallest absolute Gasteiger partial charge is 0.286 e. The van der Waals surface area contributed by atoms with Gasteiger partial charge in [0.05, 0.1) is 5.57 Å². The summed E-state index contributed by atoms with van der Waals surface area (Å²) in [7, 11) is 1.01. The minimum atomic E-state index is -4.76. The molecule has 1 unspecified atom stereocenters. The van der Waals surface area contributed by atoms with E-state index in [4.69, 9.17) is 11.6 Å². The molecule has 0 bridgehead atoms. The monoisotopic (exact) mass is 232 g/mol. The number of carbonyl (C=O) groups is 1. The minimum Gasteiger partial charge on any atom is -0.286 e. The molecule has 1 heterocycles. The van der Waals surface area contributed by atoms with Crippen molar-refractivity contribution in [1.29, 1.82) is 0 Å². The van der Waals surface area contributed by atoms with E-state index in [-0.39, 0.29) is 0 Å². The van der Waals surface area contributed by atoms with Crippen LogP contribution in [0.25, 0.3) is 0 Å². The van der Waals surface area contributed by atoms with E-state index in [0.29, 0.717) is 5.01 Å². The largest absolute Gasteiger partial charge is 0.409 e. The normalized spacial score (nSPS) is 23.3. The van der Waals surface area contributed by atoms with E-state index in [1.165, 1.54) is 0 Å². The maximum absolute atomic E-state index is 13.0. The highest BCUT2D eigenvalue weighted by molar-refractivity contribution is 6.67. The lowest BCUT2D eigenvalue weighted by Crippen LogP contribution is -2.44. The molecule has 14 heavy (non-hydrogen) atoms. The second kappa shape index (κ2) is 3.39. The van der Waals surface area contributed by atoms with Crippen LogP contribution < -0.4 is 5.43 Å². The van der Waals surface area contributed by atoms with Crippen molar-refractivity contribution in [2.45, 2.75) is 12.2 Å². The summed E-state index contributed by atoms with van der Waals surface area (Å²) in [5.74, 6) is -1.31. The standard InChI is InChI=1S/C6H5ClF4N2O/c1-13-5(8)2(4(7)14)3(12-13)6(9,10)11/h3,12H,1H3. The van der Waals surface area contributed by atoms with Crippen molar-refractivity contribution in [3.63, 3.8) is 0 Å². The Kier molecular flexibility index (Phi) is 2.73. The van der Waals surface area contributed by atoms with Crippen molar-refractivity contribution in [3.05, 3.63) is 11.5 Å². The average Bonchev–Trinajstić information content (AvgIpc) is 2.27. The summed E-state index contributed by atoms with van der Waals surface area (Å²) in [5, 5.41) is -0.991. The van der Waals surface area contributed by atoms with Crippen LogP contribution in [-0.2, 0) is 4.79 Å². The third kappa shape index (κ3) is 1.83. The minimum absolute atomic E-state index is 0.466. The Morgan fingerprint density at radius 2 is 2.07 bits per heavy atom. The molecule has 0 radical (unpaired) electrons. The van der Waals surface area contributed by atoms with Crippen LogP contribution in [0.15, 0.2) is 11.5 Å². The number of rotatable bonds is 1. The summed E-state index contributed by atoms with van der Waals surface area (Å²) in [5.41, 5.74) is 0.619. The first-order valence-electron chi connectivity index (χ1n) is 3.41. The van der Waals surface area contributed by atoms with Gasteiger partial charge in [-0.15, -0.1) is 0 Å². The van der Waals surface area contributed by atoms with Gasteiger partial charge in [0.15, 0.2) is 6.04 Å². The van der Waals surface area contributed by atoms with Crippen molar-refractivity contribution < 1.29 is 22.4 Å². The first-order chi connectivity index (χ1) is 6.25. The Labute approximate surface area is 81.3 Å². The number of hydrogen-bond acceptors (Lipinski definition) is 3. The summed E-state index contributed by atoms with van der Waals surface area (Å²) in [4.78, 5) is 10.6. The van der Waals surface area contributed by atoms with Gasteiger partial charge in [-0.1, -0.05) is 0 Å². The topological polar surface area (TPSA) is 32.3 Å². The quantitative estimate of drug-likeness (QED) is 0.420. The second-order valence-electron chi connectivity index (χ2n) is 2.64. The molecule has 80 valence electrons. The Bertz CT molecular complexity index is 301. The first kappa shape index (κ1) is 11.3. The zero-order chi connectivity index (χ0) is 11.1. The summed E-state index contributed by atoms with van der Waals surface area (Å²) < 4.78 is 49.6. The number of alkyl halides is 3. The molecule has 0 saturated heterocycles. The van der Waals surface area contributed by atoms with Crippen LogP contribution >= 0.6 is 11.6 Å². The molecule has 0 saturated carbocycles. The van der Waals surface area contributed by atoms with Gasteiger partial charge in [-0.05, 0) is 11.6 Å². The fourth-order valence-electron chi connectivity index (χ4n) is 1.05. The van der Waals surface area contributed by atoms with Crippen LogP contribution in [0.5, 0.6) is 0 Å². The molecule has 1 atom stereocenters. The van der Waals surface area contributed by atoms with Crippen LogP contribution in [0.2, 0.25) is 0 Å². The first-order valence-corrected chi connectivity index (χ1v) is 3.79. The number of carbonyl (C=O) groups excluding carboxylic acids is 1. The molecule has 8 heteroatoms. The molecule has 0 amide bonds. The SMILES string of the molecule is CN1NC(C(F)(F)F)C(C(=O)Cl)=C1F. The Hall–Kier alpha value is -0.820. The zero-order valence-electron chi connectivity index (χ0n) is 6.82. The van der Waals surface area contributed by atoms with Crippen molar-refractivity contribution in [1.82, 2.24) is 10.4 Å². The lowest BCUT2D eigenvalue weighted by Gasteiger charge is -2.18. The number of nitrogens with zero attached hydrogens (tertiary/aromatic N) is 1.